The van der Waals surface area contributed by atoms with Crippen LogP contribution in [0, 0.1) is 6.92 Å². The molecule has 5 nitrogen and oxygen atoms in total. The van der Waals surface area contributed by atoms with Crippen molar-refractivity contribution in [3.63, 3.8) is 0 Å². The molecule has 0 bridgehead atoms. The summed E-state index contributed by atoms with van der Waals surface area (Å²) >= 11 is 0. The summed E-state index contributed by atoms with van der Waals surface area (Å²) in [6.07, 6.45) is 1.74. The standard InChI is InChI=1S/C12H17N5/c1-3-17-8-15-16-12(17)7-14-11-6-10(13)5-4-9(11)2/h4-6,8,14H,3,7,13H2,1-2H3. The third kappa shape index (κ3) is 2.55. The fourth-order valence-corrected chi connectivity index (χ4v) is 1.68. The molecule has 3 N–H and O–H groups in total. The first-order valence-electron chi connectivity index (χ1n) is 5.67. The van der Waals surface area contributed by atoms with E-state index in [1.807, 2.05) is 29.7 Å². The zero-order valence-electron chi connectivity index (χ0n) is 10.1. The van der Waals surface area contributed by atoms with E-state index in [1.165, 1.54) is 5.56 Å². The highest BCUT2D eigenvalue weighted by molar-refractivity contribution is 5.59. The van der Waals surface area contributed by atoms with Crippen LogP contribution in [0.2, 0.25) is 0 Å². The van der Waals surface area contributed by atoms with E-state index in [-0.39, 0.29) is 0 Å². The minimum absolute atomic E-state index is 0.651. The van der Waals surface area contributed by atoms with Crippen molar-refractivity contribution in [2.75, 3.05) is 11.1 Å². The molecule has 2 aromatic rings. The van der Waals surface area contributed by atoms with Crippen LogP contribution in [-0.4, -0.2) is 14.8 Å². The van der Waals surface area contributed by atoms with Crippen molar-refractivity contribution in [2.45, 2.75) is 26.9 Å². The van der Waals surface area contributed by atoms with E-state index < -0.39 is 0 Å². The fraction of sp³-hybridized carbons (Fsp3) is 0.333. The Kier molecular flexibility index (Phi) is 3.27. The SMILES string of the molecule is CCn1cnnc1CNc1cc(N)ccc1C. The van der Waals surface area contributed by atoms with Crippen molar-refractivity contribution >= 4 is 11.4 Å². The molecule has 0 saturated heterocycles. The number of aryl methyl sites for hydroxylation is 2. The van der Waals surface area contributed by atoms with Gasteiger partial charge in [0.1, 0.15) is 6.33 Å². The van der Waals surface area contributed by atoms with Gasteiger partial charge >= 0.3 is 0 Å². The summed E-state index contributed by atoms with van der Waals surface area (Å²) in [4.78, 5) is 0. The van der Waals surface area contributed by atoms with Crippen molar-refractivity contribution in [1.82, 2.24) is 14.8 Å². The average molecular weight is 231 g/mol. The Hall–Kier alpha value is -2.04. The zero-order chi connectivity index (χ0) is 12.3. The van der Waals surface area contributed by atoms with Crippen molar-refractivity contribution in [2.24, 2.45) is 0 Å². The molecule has 5 heteroatoms. The van der Waals surface area contributed by atoms with Crippen molar-refractivity contribution in [3.05, 3.63) is 35.9 Å². The van der Waals surface area contributed by atoms with E-state index in [4.69, 9.17) is 5.73 Å². The van der Waals surface area contributed by atoms with E-state index in [1.54, 1.807) is 6.33 Å². The summed E-state index contributed by atoms with van der Waals surface area (Å²) < 4.78 is 2.01. The normalized spacial score (nSPS) is 10.5. The van der Waals surface area contributed by atoms with Gasteiger partial charge in [-0.25, -0.2) is 0 Å². The lowest BCUT2D eigenvalue weighted by Gasteiger charge is -2.10. The van der Waals surface area contributed by atoms with Crippen LogP contribution < -0.4 is 11.1 Å². The van der Waals surface area contributed by atoms with Gasteiger partial charge in [-0.15, -0.1) is 10.2 Å². The molecule has 0 unspecified atom stereocenters. The third-order valence-electron chi connectivity index (χ3n) is 2.73. The molecule has 1 aromatic carbocycles. The number of nitrogens with zero attached hydrogens (tertiary/aromatic N) is 3. The lowest BCUT2D eigenvalue weighted by molar-refractivity contribution is 0.708. The molecule has 17 heavy (non-hydrogen) atoms. The van der Waals surface area contributed by atoms with Crippen LogP contribution in [0.15, 0.2) is 24.5 Å². The van der Waals surface area contributed by atoms with Crippen LogP contribution in [0.4, 0.5) is 11.4 Å². The number of hydrogen-bond acceptors (Lipinski definition) is 4. The quantitative estimate of drug-likeness (QED) is 0.787. The molecular formula is C12H17N5. The first kappa shape index (κ1) is 11.4. The molecule has 0 radical (unpaired) electrons. The first-order chi connectivity index (χ1) is 8.20. The Morgan fingerprint density at radius 1 is 1.41 bits per heavy atom. The van der Waals surface area contributed by atoms with Crippen LogP contribution in [0.5, 0.6) is 0 Å². The van der Waals surface area contributed by atoms with Gasteiger partial charge in [0.2, 0.25) is 0 Å². The Bertz CT molecular complexity index is 503. The molecule has 0 saturated carbocycles. The van der Waals surface area contributed by atoms with E-state index in [0.717, 1.165) is 23.7 Å². The molecule has 0 aliphatic rings. The predicted octanol–water partition coefficient (Wildman–Crippen LogP) is 1.80. The summed E-state index contributed by atoms with van der Waals surface area (Å²) in [6, 6.07) is 5.83. The molecular weight excluding hydrogens is 214 g/mol. The number of benzene rings is 1. The number of hydrogen-bond donors (Lipinski definition) is 2. The highest BCUT2D eigenvalue weighted by Crippen LogP contribution is 2.18. The third-order valence-corrected chi connectivity index (χ3v) is 2.73. The minimum atomic E-state index is 0.651. The minimum Gasteiger partial charge on any atom is -0.399 e. The Morgan fingerprint density at radius 2 is 2.24 bits per heavy atom. The highest BCUT2D eigenvalue weighted by atomic mass is 15.3. The van der Waals surface area contributed by atoms with Gasteiger partial charge in [-0.3, -0.25) is 0 Å². The van der Waals surface area contributed by atoms with Crippen molar-refractivity contribution in [1.29, 1.82) is 0 Å². The number of nitrogens with one attached hydrogen (secondary N) is 1. The lowest BCUT2D eigenvalue weighted by atomic mass is 10.2. The van der Waals surface area contributed by atoms with Crippen LogP contribution in [0.3, 0.4) is 0 Å². The maximum Gasteiger partial charge on any atom is 0.152 e. The number of anilines is 2. The second-order valence-corrected chi connectivity index (χ2v) is 3.96. The predicted molar refractivity (Wildman–Crippen MR) is 68.6 cm³/mol. The van der Waals surface area contributed by atoms with E-state index in [0.29, 0.717) is 6.54 Å². The Morgan fingerprint density at radius 3 is 3.00 bits per heavy atom. The van der Waals surface area contributed by atoms with E-state index in [9.17, 15) is 0 Å². The molecule has 90 valence electrons. The van der Waals surface area contributed by atoms with Crippen molar-refractivity contribution < 1.29 is 0 Å². The van der Waals surface area contributed by atoms with E-state index in [2.05, 4.69) is 22.4 Å². The average Bonchev–Trinajstić information content (AvgIpc) is 2.77. The zero-order valence-corrected chi connectivity index (χ0v) is 10.1. The largest absolute Gasteiger partial charge is 0.399 e. The second kappa shape index (κ2) is 4.86. The Balaban J connectivity index is 2.09. The number of aromatic nitrogens is 3. The summed E-state index contributed by atoms with van der Waals surface area (Å²) in [5.74, 6) is 0.925. The summed E-state index contributed by atoms with van der Waals surface area (Å²) in [6.45, 7) is 5.64. The summed E-state index contributed by atoms with van der Waals surface area (Å²) in [5, 5.41) is 11.3. The van der Waals surface area contributed by atoms with Gasteiger partial charge < -0.3 is 15.6 Å². The lowest BCUT2D eigenvalue weighted by Crippen LogP contribution is -2.08. The molecule has 0 atom stereocenters. The second-order valence-electron chi connectivity index (χ2n) is 3.96. The Labute approximate surface area is 101 Å². The molecule has 1 heterocycles. The molecule has 2 rings (SSSR count). The van der Waals surface area contributed by atoms with Crippen LogP contribution in [0.25, 0.3) is 0 Å². The van der Waals surface area contributed by atoms with Gasteiger partial charge in [-0.2, -0.15) is 0 Å². The number of nitrogen functional groups attached to an aromatic ring is 1. The van der Waals surface area contributed by atoms with Gasteiger partial charge in [-0.1, -0.05) is 6.07 Å². The van der Waals surface area contributed by atoms with Gasteiger partial charge in [0.25, 0.3) is 0 Å². The fourth-order valence-electron chi connectivity index (χ4n) is 1.68. The molecule has 0 spiro atoms. The van der Waals surface area contributed by atoms with Gasteiger partial charge in [-0.05, 0) is 31.5 Å². The summed E-state index contributed by atoms with van der Waals surface area (Å²) in [7, 11) is 0. The van der Waals surface area contributed by atoms with Gasteiger partial charge in [0.15, 0.2) is 5.82 Å². The maximum atomic E-state index is 5.76. The topological polar surface area (TPSA) is 68.8 Å². The molecule has 0 fully saturated rings. The van der Waals surface area contributed by atoms with Crippen LogP contribution in [-0.2, 0) is 13.1 Å². The highest BCUT2D eigenvalue weighted by Gasteiger charge is 2.03. The molecule has 0 aliphatic heterocycles. The summed E-state index contributed by atoms with van der Waals surface area (Å²) in [5.41, 5.74) is 8.72. The van der Waals surface area contributed by atoms with Gasteiger partial charge in [0, 0.05) is 17.9 Å². The number of rotatable bonds is 4. The maximum absolute atomic E-state index is 5.76. The first-order valence-corrected chi connectivity index (χ1v) is 5.67. The molecule has 1 aromatic heterocycles. The van der Waals surface area contributed by atoms with Crippen molar-refractivity contribution in [3.8, 4) is 0 Å². The van der Waals surface area contributed by atoms with E-state index >= 15 is 0 Å². The van der Waals surface area contributed by atoms with Crippen LogP contribution >= 0.6 is 0 Å². The van der Waals surface area contributed by atoms with Crippen LogP contribution in [0.1, 0.15) is 18.3 Å². The van der Waals surface area contributed by atoms with Gasteiger partial charge in [0.05, 0.1) is 6.54 Å². The monoisotopic (exact) mass is 231 g/mol. The molecule has 0 amide bonds. The number of nitrogens with two attached hydrogens (primary N) is 1. The smallest absolute Gasteiger partial charge is 0.152 e. The molecule has 0 aliphatic carbocycles.